The van der Waals surface area contributed by atoms with Crippen LogP contribution < -0.4 is 10.6 Å². The number of carbonyl (C=O) groups excluding carboxylic acids is 1. The van der Waals surface area contributed by atoms with Gasteiger partial charge in [0, 0.05) is 11.6 Å². The van der Waals surface area contributed by atoms with Crippen LogP contribution >= 0.6 is 11.6 Å². The molecule has 0 aliphatic carbocycles. The van der Waals surface area contributed by atoms with E-state index in [9.17, 15) is 9.90 Å². The summed E-state index contributed by atoms with van der Waals surface area (Å²) in [7, 11) is 0. The van der Waals surface area contributed by atoms with E-state index in [4.69, 9.17) is 11.6 Å². The molecule has 1 heterocycles. The summed E-state index contributed by atoms with van der Waals surface area (Å²) < 4.78 is 0. The van der Waals surface area contributed by atoms with Gasteiger partial charge in [0.05, 0.1) is 5.56 Å². The number of hydrogen-bond acceptors (Lipinski definition) is 3. The number of aromatic hydroxyl groups is 1. The summed E-state index contributed by atoms with van der Waals surface area (Å²) in [6.07, 6.45) is 3.39. The lowest BCUT2D eigenvalue weighted by molar-refractivity contribution is 0.0948. The van der Waals surface area contributed by atoms with Crippen LogP contribution in [0.2, 0.25) is 5.02 Å². The third kappa shape index (κ3) is 4.11. The lowest BCUT2D eigenvalue weighted by Gasteiger charge is -2.22. The van der Waals surface area contributed by atoms with Crippen LogP contribution in [0.4, 0.5) is 0 Å². The lowest BCUT2D eigenvalue weighted by Crippen LogP contribution is -2.33. The average molecular weight is 283 g/mol. The van der Waals surface area contributed by atoms with Crippen LogP contribution in [-0.4, -0.2) is 30.6 Å². The minimum Gasteiger partial charge on any atom is -0.507 e. The van der Waals surface area contributed by atoms with Crippen LogP contribution in [0.25, 0.3) is 0 Å². The fourth-order valence-electron chi connectivity index (χ4n) is 2.35. The van der Waals surface area contributed by atoms with E-state index in [2.05, 4.69) is 10.6 Å². The smallest absolute Gasteiger partial charge is 0.255 e. The molecule has 0 spiro atoms. The minimum atomic E-state index is -0.252. The van der Waals surface area contributed by atoms with Crippen LogP contribution in [0, 0.1) is 5.92 Å². The number of halogens is 1. The van der Waals surface area contributed by atoms with Gasteiger partial charge in [0.2, 0.25) is 0 Å². The second-order valence-corrected chi connectivity index (χ2v) is 5.35. The molecule has 1 saturated heterocycles. The molecular weight excluding hydrogens is 264 g/mol. The highest BCUT2D eigenvalue weighted by molar-refractivity contribution is 6.30. The second-order valence-electron chi connectivity index (χ2n) is 4.92. The first-order valence-electron chi connectivity index (χ1n) is 6.64. The SMILES string of the molecule is O=C(NCCC1CCCNC1)c1ccc(Cl)cc1O. The van der Waals surface area contributed by atoms with Gasteiger partial charge in [-0.1, -0.05) is 11.6 Å². The van der Waals surface area contributed by atoms with Crippen molar-refractivity contribution in [2.24, 2.45) is 5.92 Å². The fourth-order valence-corrected chi connectivity index (χ4v) is 2.52. The van der Waals surface area contributed by atoms with E-state index in [1.807, 2.05) is 0 Å². The van der Waals surface area contributed by atoms with Gasteiger partial charge in [-0.15, -0.1) is 0 Å². The van der Waals surface area contributed by atoms with Gasteiger partial charge >= 0.3 is 0 Å². The molecular formula is C14H19ClN2O2. The summed E-state index contributed by atoms with van der Waals surface area (Å²) in [4.78, 5) is 11.9. The van der Waals surface area contributed by atoms with Crippen molar-refractivity contribution >= 4 is 17.5 Å². The van der Waals surface area contributed by atoms with E-state index >= 15 is 0 Å². The van der Waals surface area contributed by atoms with E-state index in [0.717, 1.165) is 19.5 Å². The number of piperidine rings is 1. The van der Waals surface area contributed by atoms with Crippen molar-refractivity contribution in [2.45, 2.75) is 19.3 Å². The number of rotatable bonds is 4. The Balaban J connectivity index is 1.80. The predicted octanol–water partition coefficient (Wildman–Crippen LogP) is 2.17. The molecule has 0 bridgehead atoms. The molecule has 2 rings (SSSR count). The summed E-state index contributed by atoms with van der Waals surface area (Å²) in [6, 6.07) is 4.51. The predicted molar refractivity (Wildman–Crippen MR) is 75.7 cm³/mol. The number of hydrogen-bond donors (Lipinski definition) is 3. The standard InChI is InChI=1S/C14H19ClN2O2/c15-11-3-4-12(13(18)8-11)14(19)17-7-5-10-2-1-6-16-9-10/h3-4,8,10,16,18H,1-2,5-7,9H2,(H,17,19). The Kier molecular flexibility index (Phi) is 5.05. The van der Waals surface area contributed by atoms with Crippen molar-refractivity contribution in [1.29, 1.82) is 0 Å². The first-order chi connectivity index (χ1) is 9.16. The molecule has 3 N–H and O–H groups in total. The Hall–Kier alpha value is -1.26. The van der Waals surface area contributed by atoms with Crippen molar-refractivity contribution in [3.8, 4) is 5.75 Å². The number of nitrogens with one attached hydrogen (secondary N) is 2. The molecule has 1 fully saturated rings. The van der Waals surface area contributed by atoms with Gasteiger partial charge in [-0.05, 0) is 56.5 Å². The summed E-state index contributed by atoms with van der Waals surface area (Å²) in [5, 5.41) is 16.3. The third-order valence-electron chi connectivity index (χ3n) is 3.44. The molecule has 1 unspecified atom stereocenters. The molecule has 1 aliphatic rings. The van der Waals surface area contributed by atoms with Gasteiger partial charge in [-0.2, -0.15) is 0 Å². The van der Waals surface area contributed by atoms with Crippen molar-refractivity contribution in [3.05, 3.63) is 28.8 Å². The molecule has 0 saturated carbocycles. The van der Waals surface area contributed by atoms with Gasteiger partial charge in [0.25, 0.3) is 5.91 Å². The lowest BCUT2D eigenvalue weighted by atomic mass is 9.96. The molecule has 1 aliphatic heterocycles. The number of phenolic OH excluding ortho intramolecular Hbond substituents is 1. The van der Waals surface area contributed by atoms with Gasteiger partial charge in [0.15, 0.2) is 0 Å². The molecule has 0 radical (unpaired) electrons. The van der Waals surface area contributed by atoms with E-state index in [0.29, 0.717) is 17.5 Å². The summed E-state index contributed by atoms with van der Waals surface area (Å²) in [6.45, 7) is 2.76. The van der Waals surface area contributed by atoms with E-state index in [1.54, 1.807) is 6.07 Å². The monoisotopic (exact) mass is 282 g/mol. The fraction of sp³-hybridized carbons (Fsp3) is 0.500. The Bertz CT molecular complexity index is 445. The quantitative estimate of drug-likeness (QED) is 0.793. The first-order valence-corrected chi connectivity index (χ1v) is 7.02. The zero-order chi connectivity index (χ0) is 13.7. The maximum atomic E-state index is 11.9. The zero-order valence-electron chi connectivity index (χ0n) is 10.8. The molecule has 0 aromatic heterocycles. The molecule has 5 heteroatoms. The van der Waals surface area contributed by atoms with E-state index in [1.165, 1.54) is 25.0 Å². The highest BCUT2D eigenvalue weighted by Gasteiger charge is 2.14. The van der Waals surface area contributed by atoms with Gasteiger partial charge in [0.1, 0.15) is 5.75 Å². The van der Waals surface area contributed by atoms with Crippen molar-refractivity contribution < 1.29 is 9.90 Å². The zero-order valence-corrected chi connectivity index (χ0v) is 11.5. The van der Waals surface area contributed by atoms with Gasteiger partial charge < -0.3 is 15.7 Å². The van der Waals surface area contributed by atoms with Crippen LogP contribution in [0.5, 0.6) is 5.75 Å². The first kappa shape index (κ1) is 14.2. The number of phenols is 1. The largest absolute Gasteiger partial charge is 0.507 e. The second kappa shape index (κ2) is 6.78. The summed E-state index contributed by atoms with van der Waals surface area (Å²) in [5.74, 6) is 0.301. The Morgan fingerprint density at radius 3 is 3.05 bits per heavy atom. The molecule has 1 aromatic rings. The number of carbonyl (C=O) groups is 1. The van der Waals surface area contributed by atoms with E-state index < -0.39 is 0 Å². The van der Waals surface area contributed by atoms with Crippen molar-refractivity contribution in [3.63, 3.8) is 0 Å². The Morgan fingerprint density at radius 1 is 1.53 bits per heavy atom. The van der Waals surface area contributed by atoms with Gasteiger partial charge in [-0.25, -0.2) is 0 Å². The van der Waals surface area contributed by atoms with E-state index in [-0.39, 0.29) is 17.2 Å². The van der Waals surface area contributed by atoms with Crippen molar-refractivity contribution in [1.82, 2.24) is 10.6 Å². The number of benzene rings is 1. The molecule has 1 aromatic carbocycles. The van der Waals surface area contributed by atoms with Crippen molar-refractivity contribution in [2.75, 3.05) is 19.6 Å². The maximum Gasteiger partial charge on any atom is 0.255 e. The molecule has 1 atom stereocenters. The highest BCUT2D eigenvalue weighted by atomic mass is 35.5. The highest BCUT2D eigenvalue weighted by Crippen LogP contribution is 2.21. The average Bonchev–Trinajstić information content (AvgIpc) is 2.39. The normalized spacial score (nSPS) is 19.1. The molecule has 19 heavy (non-hydrogen) atoms. The van der Waals surface area contributed by atoms with Crippen LogP contribution in [0.15, 0.2) is 18.2 Å². The summed E-state index contributed by atoms with van der Waals surface area (Å²) in [5.41, 5.74) is 0.270. The van der Waals surface area contributed by atoms with Crippen LogP contribution in [0.1, 0.15) is 29.6 Å². The molecule has 4 nitrogen and oxygen atoms in total. The molecule has 104 valence electrons. The topological polar surface area (TPSA) is 61.4 Å². The van der Waals surface area contributed by atoms with Crippen LogP contribution in [-0.2, 0) is 0 Å². The Morgan fingerprint density at radius 2 is 2.37 bits per heavy atom. The van der Waals surface area contributed by atoms with Crippen LogP contribution in [0.3, 0.4) is 0 Å². The minimum absolute atomic E-state index is 0.0793. The summed E-state index contributed by atoms with van der Waals surface area (Å²) >= 11 is 5.73. The third-order valence-corrected chi connectivity index (χ3v) is 3.68. The molecule has 1 amide bonds. The maximum absolute atomic E-state index is 11.9. The number of amides is 1. The van der Waals surface area contributed by atoms with Gasteiger partial charge in [-0.3, -0.25) is 4.79 Å². The Labute approximate surface area is 118 Å².